The van der Waals surface area contributed by atoms with Crippen LogP contribution in [-0.4, -0.2) is 11.2 Å². The van der Waals surface area contributed by atoms with Crippen LogP contribution in [0.25, 0.3) is 10.8 Å². The van der Waals surface area contributed by atoms with Crippen LogP contribution < -0.4 is 0 Å². The average Bonchev–Trinajstić information content (AvgIpc) is 2.46. The number of fused-ring (bicyclic) bond motifs is 1. The van der Waals surface area contributed by atoms with Crippen molar-refractivity contribution >= 4 is 10.8 Å². The van der Waals surface area contributed by atoms with Crippen LogP contribution in [0.3, 0.4) is 0 Å². The minimum Gasteiger partial charge on any atom is -0.393 e. The molecular formula is C20H28O. The first kappa shape index (κ1) is 16.0. The number of aliphatic hydroxyl groups excluding tert-OH is 1. The normalized spacial score (nSPS) is 15.8. The molecule has 0 saturated carbocycles. The first-order valence-corrected chi connectivity index (χ1v) is 8.27. The zero-order chi connectivity index (χ0) is 15.2. The van der Waals surface area contributed by atoms with Crippen LogP contribution in [0.15, 0.2) is 42.5 Å². The third-order valence-corrected chi connectivity index (χ3v) is 4.41. The molecule has 0 bridgehead atoms. The van der Waals surface area contributed by atoms with Gasteiger partial charge in [-0.05, 0) is 47.9 Å². The molecule has 0 aliphatic carbocycles. The minimum atomic E-state index is -0.193. The van der Waals surface area contributed by atoms with E-state index in [1.165, 1.54) is 29.2 Å². The smallest absolute Gasteiger partial charge is 0.0514 e. The van der Waals surface area contributed by atoms with Crippen LogP contribution in [0.2, 0.25) is 0 Å². The Kier molecular flexibility index (Phi) is 5.81. The molecule has 3 unspecified atom stereocenters. The summed E-state index contributed by atoms with van der Waals surface area (Å²) in [6, 6.07) is 15.2. The van der Waals surface area contributed by atoms with E-state index in [2.05, 4.69) is 56.3 Å². The molecule has 0 aliphatic heterocycles. The molecule has 0 radical (unpaired) electrons. The molecule has 0 amide bonds. The van der Waals surface area contributed by atoms with Gasteiger partial charge in [0, 0.05) is 0 Å². The van der Waals surface area contributed by atoms with Crippen molar-refractivity contribution in [1.82, 2.24) is 0 Å². The van der Waals surface area contributed by atoms with Gasteiger partial charge < -0.3 is 5.11 Å². The maximum atomic E-state index is 9.70. The molecule has 1 heteroatoms. The largest absolute Gasteiger partial charge is 0.393 e. The second-order valence-corrected chi connectivity index (χ2v) is 6.44. The van der Waals surface area contributed by atoms with Crippen LogP contribution in [0.5, 0.6) is 0 Å². The monoisotopic (exact) mass is 284 g/mol. The van der Waals surface area contributed by atoms with Gasteiger partial charge in [0.15, 0.2) is 0 Å². The quantitative estimate of drug-likeness (QED) is 0.709. The summed E-state index contributed by atoms with van der Waals surface area (Å²) in [6.45, 7) is 6.47. The van der Waals surface area contributed by atoms with Gasteiger partial charge in [-0.2, -0.15) is 0 Å². The van der Waals surface area contributed by atoms with Gasteiger partial charge in [-0.15, -0.1) is 0 Å². The molecule has 2 aromatic rings. The highest BCUT2D eigenvalue weighted by atomic mass is 16.3. The van der Waals surface area contributed by atoms with E-state index in [4.69, 9.17) is 0 Å². The molecule has 0 spiro atoms. The van der Waals surface area contributed by atoms with E-state index >= 15 is 0 Å². The topological polar surface area (TPSA) is 20.2 Å². The highest BCUT2D eigenvalue weighted by molar-refractivity contribution is 5.86. The summed E-state index contributed by atoms with van der Waals surface area (Å²) in [7, 11) is 0. The van der Waals surface area contributed by atoms with E-state index in [9.17, 15) is 5.11 Å². The molecule has 0 fully saturated rings. The Labute approximate surface area is 129 Å². The molecule has 0 aromatic heterocycles. The number of benzene rings is 2. The van der Waals surface area contributed by atoms with E-state index in [0.717, 1.165) is 12.8 Å². The van der Waals surface area contributed by atoms with Crippen LogP contribution in [0.1, 0.15) is 57.9 Å². The van der Waals surface area contributed by atoms with Crippen LogP contribution in [-0.2, 0) is 0 Å². The van der Waals surface area contributed by atoms with E-state index in [1.807, 2.05) is 6.92 Å². The SMILES string of the molecule is CCCC(CC(C)O)CC(C)c1cccc2ccccc12. The van der Waals surface area contributed by atoms with Gasteiger partial charge in [0.1, 0.15) is 0 Å². The Balaban J connectivity index is 2.19. The third-order valence-electron chi connectivity index (χ3n) is 4.41. The lowest BCUT2D eigenvalue weighted by Gasteiger charge is -2.23. The van der Waals surface area contributed by atoms with Gasteiger partial charge >= 0.3 is 0 Å². The summed E-state index contributed by atoms with van der Waals surface area (Å²) in [4.78, 5) is 0. The lowest BCUT2D eigenvalue weighted by atomic mass is 9.83. The Bertz CT molecular complexity index is 553. The summed E-state index contributed by atoms with van der Waals surface area (Å²) < 4.78 is 0. The fourth-order valence-corrected chi connectivity index (χ4v) is 3.53. The van der Waals surface area contributed by atoms with Gasteiger partial charge in [-0.25, -0.2) is 0 Å². The van der Waals surface area contributed by atoms with E-state index < -0.39 is 0 Å². The molecule has 1 nitrogen and oxygen atoms in total. The molecule has 1 N–H and O–H groups in total. The van der Waals surface area contributed by atoms with E-state index in [0.29, 0.717) is 11.8 Å². The molecule has 3 atom stereocenters. The summed E-state index contributed by atoms with van der Waals surface area (Å²) in [5.74, 6) is 1.15. The molecule has 0 aliphatic rings. The molecule has 0 saturated heterocycles. The van der Waals surface area contributed by atoms with Crippen LogP contribution >= 0.6 is 0 Å². The zero-order valence-electron chi connectivity index (χ0n) is 13.5. The number of rotatable bonds is 7. The fourth-order valence-electron chi connectivity index (χ4n) is 3.53. The van der Waals surface area contributed by atoms with Gasteiger partial charge in [0.2, 0.25) is 0 Å². The Morgan fingerprint density at radius 2 is 1.67 bits per heavy atom. The van der Waals surface area contributed by atoms with Crippen molar-refractivity contribution in [2.75, 3.05) is 0 Å². The Morgan fingerprint density at radius 3 is 2.38 bits per heavy atom. The van der Waals surface area contributed by atoms with Crippen molar-refractivity contribution in [3.63, 3.8) is 0 Å². The standard InChI is InChI=1S/C20H28O/c1-4-8-17(14-16(3)21)13-15(2)19-12-7-10-18-9-5-6-11-20(18)19/h5-7,9-12,15-17,21H,4,8,13-14H2,1-3H3. The Morgan fingerprint density at radius 1 is 0.952 bits per heavy atom. The maximum absolute atomic E-state index is 9.70. The fraction of sp³-hybridized carbons (Fsp3) is 0.500. The lowest BCUT2D eigenvalue weighted by molar-refractivity contribution is 0.152. The first-order chi connectivity index (χ1) is 10.1. The van der Waals surface area contributed by atoms with Crippen molar-refractivity contribution in [1.29, 1.82) is 0 Å². The molecular weight excluding hydrogens is 256 g/mol. The van der Waals surface area contributed by atoms with Crippen molar-refractivity contribution in [3.05, 3.63) is 48.0 Å². The first-order valence-electron chi connectivity index (χ1n) is 8.27. The number of hydrogen-bond donors (Lipinski definition) is 1. The predicted octanol–water partition coefficient (Wildman–Crippen LogP) is 5.52. The number of aliphatic hydroxyl groups is 1. The molecule has 114 valence electrons. The van der Waals surface area contributed by atoms with Crippen LogP contribution in [0.4, 0.5) is 0 Å². The third kappa shape index (κ3) is 4.31. The highest BCUT2D eigenvalue weighted by Gasteiger charge is 2.17. The van der Waals surface area contributed by atoms with Gasteiger partial charge in [-0.1, -0.05) is 69.2 Å². The highest BCUT2D eigenvalue weighted by Crippen LogP contribution is 2.32. The molecule has 21 heavy (non-hydrogen) atoms. The van der Waals surface area contributed by atoms with Gasteiger partial charge in [-0.3, -0.25) is 0 Å². The summed E-state index contributed by atoms with van der Waals surface area (Å²) in [5.41, 5.74) is 1.44. The van der Waals surface area contributed by atoms with E-state index in [-0.39, 0.29) is 6.10 Å². The predicted molar refractivity (Wildman–Crippen MR) is 91.7 cm³/mol. The number of hydrogen-bond acceptors (Lipinski definition) is 1. The van der Waals surface area contributed by atoms with Crippen LogP contribution in [0, 0.1) is 5.92 Å². The average molecular weight is 284 g/mol. The molecule has 0 heterocycles. The minimum absolute atomic E-state index is 0.193. The van der Waals surface area contributed by atoms with Gasteiger partial charge in [0.05, 0.1) is 6.10 Å². The summed E-state index contributed by atoms with van der Waals surface area (Å²) in [5, 5.41) is 12.4. The molecule has 2 rings (SSSR count). The second-order valence-electron chi connectivity index (χ2n) is 6.44. The van der Waals surface area contributed by atoms with Crippen molar-refractivity contribution in [2.24, 2.45) is 5.92 Å². The summed E-state index contributed by atoms with van der Waals surface area (Å²) in [6.07, 6.45) is 4.29. The lowest BCUT2D eigenvalue weighted by Crippen LogP contribution is -2.13. The zero-order valence-corrected chi connectivity index (χ0v) is 13.5. The summed E-state index contributed by atoms with van der Waals surface area (Å²) >= 11 is 0. The van der Waals surface area contributed by atoms with Crippen molar-refractivity contribution < 1.29 is 5.11 Å². The second kappa shape index (κ2) is 7.61. The molecule has 2 aromatic carbocycles. The maximum Gasteiger partial charge on any atom is 0.0514 e. The van der Waals surface area contributed by atoms with Crippen molar-refractivity contribution in [3.8, 4) is 0 Å². The van der Waals surface area contributed by atoms with Gasteiger partial charge in [0.25, 0.3) is 0 Å². The van der Waals surface area contributed by atoms with E-state index in [1.54, 1.807) is 0 Å². The Hall–Kier alpha value is -1.34. The van der Waals surface area contributed by atoms with Crippen molar-refractivity contribution in [2.45, 2.75) is 58.5 Å².